The Bertz CT molecular complexity index is 1230. The van der Waals surface area contributed by atoms with Gasteiger partial charge in [0, 0.05) is 29.6 Å². The number of fused-ring (bicyclic) bond motifs is 3. The summed E-state index contributed by atoms with van der Waals surface area (Å²) >= 11 is 1.68. The first-order valence-electron chi connectivity index (χ1n) is 11.1. The van der Waals surface area contributed by atoms with Crippen LogP contribution in [-0.4, -0.2) is 60.9 Å². The van der Waals surface area contributed by atoms with Crippen LogP contribution in [-0.2, 0) is 16.1 Å². The second-order valence-electron chi connectivity index (χ2n) is 8.12. The molecule has 0 saturated carbocycles. The van der Waals surface area contributed by atoms with E-state index in [4.69, 9.17) is 9.72 Å². The monoisotopic (exact) mass is 475 g/mol. The summed E-state index contributed by atoms with van der Waals surface area (Å²) in [6.07, 6.45) is 3.75. The Hall–Kier alpha value is -3.43. The first-order chi connectivity index (χ1) is 16.6. The summed E-state index contributed by atoms with van der Waals surface area (Å²) in [6.45, 7) is 1.87. The second-order valence-corrected chi connectivity index (χ2v) is 9.00. The van der Waals surface area contributed by atoms with Crippen molar-refractivity contribution in [1.29, 1.82) is 0 Å². The smallest absolute Gasteiger partial charge is 0.252 e. The molecule has 2 aliphatic rings. The van der Waals surface area contributed by atoms with E-state index in [0.717, 1.165) is 11.1 Å². The summed E-state index contributed by atoms with van der Waals surface area (Å²) in [5, 5.41) is 2.64. The standard InChI is InChI=1S/C25H25N5O3S/c1-26-24(31)18-5-3-4-17(12-18)22-27-13-20-23(28-22)29-10-11-33-15-21(29)25(32)30(20)14-16-6-8-19(34-2)9-7-16/h3-9,12-13,21H,10-11,14-15H2,1-2H3,(H,26,31). The maximum absolute atomic E-state index is 13.5. The topological polar surface area (TPSA) is 87.7 Å². The number of morpholine rings is 1. The van der Waals surface area contributed by atoms with Crippen LogP contribution in [0.4, 0.5) is 11.5 Å². The number of rotatable bonds is 5. The van der Waals surface area contributed by atoms with Gasteiger partial charge in [-0.15, -0.1) is 11.8 Å². The number of anilines is 2. The van der Waals surface area contributed by atoms with Gasteiger partial charge >= 0.3 is 0 Å². The molecular formula is C25H25N5O3S. The van der Waals surface area contributed by atoms with Gasteiger partial charge in [0.15, 0.2) is 11.6 Å². The highest BCUT2D eigenvalue weighted by Gasteiger charge is 2.41. The van der Waals surface area contributed by atoms with Crippen LogP contribution in [0.3, 0.4) is 0 Å². The molecule has 2 aromatic carbocycles. The molecule has 9 heteroatoms. The molecule has 34 heavy (non-hydrogen) atoms. The third-order valence-corrected chi connectivity index (χ3v) is 6.85. The summed E-state index contributed by atoms with van der Waals surface area (Å²) in [5.41, 5.74) is 2.99. The van der Waals surface area contributed by atoms with E-state index < -0.39 is 6.04 Å². The van der Waals surface area contributed by atoms with Crippen LogP contribution >= 0.6 is 11.8 Å². The van der Waals surface area contributed by atoms with Gasteiger partial charge in [0.05, 0.1) is 26.0 Å². The lowest BCUT2D eigenvalue weighted by Crippen LogP contribution is -2.58. The van der Waals surface area contributed by atoms with E-state index in [1.54, 1.807) is 42.0 Å². The van der Waals surface area contributed by atoms with Gasteiger partial charge in [0.2, 0.25) is 0 Å². The average Bonchev–Trinajstić information content (AvgIpc) is 2.90. The minimum atomic E-state index is -0.424. The highest BCUT2D eigenvalue weighted by molar-refractivity contribution is 7.98. The molecule has 0 aliphatic carbocycles. The molecule has 3 aromatic rings. The van der Waals surface area contributed by atoms with Crippen molar-refractivity contribution in [3.05, 3.63) is 65.9 Å². The summed E-state index contributed by atoms with van der Waals surface area (Å²) in [4.78, 5) is 40.0. The van der Waals surface area contributed by atoms with Gasteiger partial charge in [-0.1, -0.05) is 24.3 Å². The molecule has 1 fully saturated rings. The first-order valence-corrected chi connectivity index (χ1v) is 12.3. The molecular weight excluding hydrogens is 450 g/mol. The highest BCUT2D eigenvalue weighted by Crippen LogP contribution is 2.37. The molecule has 1 N–H and O–H groups in total. The third kappa shape index (κ3) is 4.12. The number of carbonyl (C=O) groups excluding carboxylic acids is 2. The zero-order chi connectivity index (χ0) is 23.7. The summed E-state index contributed by atoms with van der Waals surface area (Å²) in [6, 6.07) is 15.0. The van der Waals surface area contributed by atoms with Crippen LogP contribution in [0.2, 0.25) is 0 Å². The van der Waals surface area contributed by atoms with E-state index in [2.05, 4.69) is 22.4 Å². The van der Waals surface area contributed by atoms with Crippen molar-refractivity contribution in [2.24, 2.45) is 0 Å². The van der Waals surface area contributed by atoms with Crippen LogP contribution in [0.5, 0.6) is 0 Å². The summed E-state index contributed by atoms with van der Waals surface area (Å²) < 4.78 is 5.64. The normalized spacial score (nSPS) is 17.2. The number of nitrogens with zero attached hydrogens (tertiary/aromatic N) is 4. The average molecular weight is 476 g/mol. The van der Waals surface area contributed by atoms with Crippen LogP contribution in [0.15, 0.2) is 59.6 Å². The van der Waals surface area contributed by atoms with Gasteiger partial charge in [-0.2, -0.15) is 0 Å². The highest BCUT2D eigenvalue weighted by atomic mass is 32.2. The van der Waals surface area contributed by atoms with E-state index in [1.807, 2.05) is 35.4 Å². The van der Waals surface area contributed by atoms with E-state index in [0.29, 0.717) is 49.2 Å². The number of nitrogens with one attached hydrogen (secondary N) is 1. The molecule has 5 rings (SSSR count). The number of carbonyl (C=O) groups is 2. The number of thioether (sulfide) groups is 1. The summed E-state index contributed by atoms with van der Waals surface area (Å²) in [7, 11) is 1.60. The number of hydrogen-bond donors (Lipinski definition) is 1. The number of aromatic nitrogens is 2. The Kier molecular flexibility index (Phi) is 6.21. The van der Waals surface area contributed by atoms with E-state index >= 15 is 0 Å². The van der Waals surface area contributed by atoms with Gasteiger partial charge in [0.1, 0.15) is 11.7 Å². The Labute approximate surface area is 202 Å². The van der Waals surface area contributed by atoms with Crippen LogP contribution in [0.25, 0.3) is 11.4 Å². The minimum absolute atomic E-state index is 0.0147. The Morgan fingerprint density at radius 2 is 2.06 bits per heavy atom. The molecule has 1 aromatic heterocycles. The van der Waals surface area contributed by atoms with Crippen molar-refractivity contribution in [2.45, 2.75) is 17.5 Å². The Balaban J connectivity index is 1.54. The molecule has 0 spiro atoms. The van der Waals surface area contributed by atoms with Crippen molar-refractivity contribution in [1.82, 2.24) is 15.3 Å². The molecule has 0 bridgehead atoms. The summed E-state index contributed by atoms with van der Waals surface area (Å²) in [5.74, 6) is 1.04. The fourth-order valence-corrected chi connectivity index (χ4v) is 4.70. The van der Waals surface area contributed by atoms with Gasteiger partial charge in [0.25, 0.3) is 11.8 Å². The fraction of sp³-hybridized carbons (Fsp3) is 0.280. The van der Waals surface area contributed by atoms with E-state index in [9.17, 15) is 9.59 Å². The largest absolute Gasteiger partial charge is 0.377 e. The van der Waals surface area contributed by atoms with Crippen LogP contribution in [0.1, 0.15) is 15.9 Å². The second kappa shape index (κ2) is 9.44. The minimum Gasteiger partial charge on any atom is -0.377 e. The maximum atomic E-state index is 13.5. The number of amides is 2. The SMILES string of the molecule is CNC(=O)c1cccc(-c2ncc3c(n2)N2CCOCC2C(=O)N3Cc2ccc(SC)cc2)c1. The Morgan fingerprint density at radius 1 is 1.24 bits per heavy atom. The third-order valence-electron chi connectivity index (χ3n) is 6.10. The van der Waals surface area contributed by atoms with E-state index in [-0.39, 0.29) is 11.8 Å². The van der Waals surface area contributed by atoms with E-state index in [1.165, 1.54) is 4.90 Å². The predicted octanol–water partition coefficient (Wildman–Crippen LogP) is 2.98. The molecule has 3 heterocycles. The van der Waals surface area contributed by atoms with Gasteiger partial charge < -0.3 is 19.9 Å². The molecule has 1 unspecified atom stereocenters. The molecule has 1 atom stereocenters. The number of benzene rings is 2. The maximum Gasteiger partial charge on any atom is 0.252 e. The molecule has 174 valence electrons. The first kappa shape index (κ1) is 22.4. The zero-order valence-corrected chi connectivity index (χ0v) is 19.8. The molecule has 8 nitrogen and oxygen atoms in total. The van der Waals surface area contributed by atoms with Gasteiger partial charge in [-0.05, 0) is 36.1 Å². The van der Waals surface area contributed by atoms with Crippen molar-refractivity contribution in [3.8, 4) is 11.4 Å². The lowest BCUT2D eigenvalue weighted by molar-refractivity contribution is -0.122. The van der Waals surface area contributed by atoms with Crippen LogP contribution in [0, 0.1) is 0 Å². The molecule has 2 aliphatic heterocycles. The molecule has 2 amide bonds. The number of hydrogen-bond acceptors (Lipinski definition) is 7. The van der Waals surface area contributed by atoms with Gasteiger partial charge in [-0.3, -0.25) is 9.59 Å². The van der Waals surface area contributed by atoms with Crippen molar-refractivity contribution in [3.63, 3.8) is 0 Å². The predicted molar refractivity (Wildman–Crippen MR) is 132 cm³/mol. The lowest BCUT2D eigenvalue weighted by atomic mass is 10.1. The van der Waals surface area contributed by atoms with Crippen molar-refractivity contribution in [2.75, 3.05) is 42.9 Å². The van der Waals surface area contributed by atoms with Gasteiger partial charge in [-0.25, -0.2) is 9.97 Å². The van der Waals surface area contributed by atoms with Crippen LogP contribution < -0.4 is 15.1 Å². The molecule has 0 radical (unpaired) electrons. The van der Waals surface area contributed by atoms with Crippen molar-refractivity contribution >= 4 is 35.1 Å². The Morgan fingerprint density at radius 3 is 2.82 bits per heavy atom. The fourth-order valence-electron chi connectivity index (χ4n) is 4.29. The van der Waals surface area contributed by atoms with Crippen molar-refractivity contribution < 1.29 is 14.3 Å². The molecule has 1 saturated heterocycles. The quantitative estimate of drug-likeness (QED) is 0.568. The lowest BCUT2D eigenvalue weighted by Gasteiger charge is -2.43. The number of ether oxygens (including phenoxy) is 1. The zero-order valence-electron chi connectivity index (χ0n) is 19.0.